The molecule has 0 saturated heterocycles. The minimum Gasteiger partial charge on any atom is -0.497 e. The van der Waals surface area contributed by atoms with Gasteiger partial charge in [0.1, 0.15) is 5.75 Å². The molecule has 1 amide bonds. The molecule has 1 unspecified atom stereocenters. The van der Waals surface area contributed by atoms with Crippen molar-refractivity contribution >= 4 is 17.6 Å². The van der Waals surface area contributed by atoms with E-state index in [0.29, 0.717) is 5.75 Å². The number of hydrogen-bond acceptors (Lipinski definition) is 5. The van der Waals surface area contributed by atoms with Crippen molar-refractivity contribution in [3.8, 4) is 5.75 Å². The summed E-state index contributed by atoms with van der Waals surface area (Å²) in [5, 5.41) is 20.9. The molecule has 1 atom stereocenters. The number of aliphatic hydroxyl groups is 1. The number of hydrogen-bond donors (Lipinski definition) is 4. The topological polar surface area (TPSA) is 122 Å². The summed E-state index contributed by atoms with van der Waals surface area (Å²) in [6.07, 6.45) is -0.467. The molecule has 0 radical (unpaired) electrons. The van der Waals surface area contributed by atoms with Crippen LogP contribution in [0.4, 0.5) is 5.69 Å². The lowest BCUT2D eigenvalue weighted by molar-refractivity contribution is -0.141. The van der Waals surface area contributed by atoms with Gasteiger partial charge in [-0.05, 0) is 19.1 Å². The van der Waals surface area contributed by atoms with Gasteiger partial charge in [0.15, 0.2) is 0 Å². The first-order chi connectivity index (χ1) is 9.25. The van der Waals surface area contributed by atoms with E-state index >= 15 is 0 Å². The molecular formula is C13H18N2O5. The maximum atomic E-state index is 11.9. The zero-order valence-electron chi connectivity index (χ0n) is 11.3. The second-order valence-corrected chi connectivity index (χ2v) is 4.70. The maximum Gasteiger partial charge on any atom is 0.306 e. The average molecular weight is 282 g/mol. The Kier molecular flexibility index (Phi) is 4.93. The van der Waals surface area contributed by atoms with Gasteiger partial charge in [0, 0.05) is 18.3 Å². The van der Waals surface area contributed by atoms with Gasteiger partial charge in [-0.1, -0.05) is 0 Å². The number of nitrogens with two attached hydrogens (primary N) is 1. The van der Waals surface area contributed by atoms with Crippen LogP contribution in [0.5, 0.6) is 5.75 Å². The van der Waals surface area contributed by atoms with Gasteiger partial charge in [-0.25, -0.2) is 0 Å². The SMILES string of the molecule is COc1ccc(C(=O)NCC(C)(O)CC(=O)O)c(N)c1. The van der Waals surface area contributed by atoms with Crippen molar-refractivity contribution in [3.63, 3.8) is 0 Å². The molecule has 7 heteroatoms. The van der Waals surface area contributed by atoms with E-state index in [9.17, 15) is 14.7 Å². The monoisotopic (exact) mass is 282 g/mol. The number of carboxylic acids is 1. The lowest BCUT2D eigenvalue weighted by Gasteiger charge is -2.21. The highest BCUT2D eigenvalue weighted by molar-refractivity contribution is 5.99. The summed E-state index contributed by atoms with van der Waals surface area (Å²) < 4.78 is 4.97. The summed E-state index contributed by atoms with van der Waals surface area (Å²) >= 11 is 0. The van der Waals surface area contributed by atoms with Crippen LogP contribution >= 0.6 is 0 Å². The number of rotatable bonds is 6. The molecule has 0 aromatic heterocycles. The first-order valence-electron chi connectivity index (χ1n) is 5.91. The van der Waals surface area contributed by atoms with Gasteiger partial charge in [-0.3, -0.25) is 9.59 Å². The Hall–Kier alpha value is -2.28. The van der Waals surface area contributed by atoms with Gasteiger partial charge >= 0.3 is 5.97 Å². The molecule has 7 nitrogen and oxygen atoms in total. The Labute approximate surface area is 116 Å². The Bertz CT molecular complexity index is 513. The van der Waals surface area contributed by atoms with Gasteiger partial charge in [0.05, 0.1) is 24.7 Å². The predicted molar refractivity (Wildman–Crippen MR) is 72.6 cm³/mol. The normalized spacial score (nSPS) is 13.3. The summed E-state index contributed by atoms with van der Waals surface area (Å²) in [7, 11) is 1.48. The van der Waals surface area contributed by atoms with E-state index in [4.69, 9.17) is 15.6 Å². The van der Waals surface area contributed by atoms with Crippen LogP contribution in [0.25, 0.3) is 0 Å². The van der Waals surface area contributed by atoms with Crippen molar-refractivity contribution in [3.05, 3.63) is 23.8 Å². The van der Waals surface area contributed by atoms with Crippen LogP contribution in [-0.2, 0) is 4.79 Å². The number of anilines is 1. The second kappa shape index (κ2) is 6.25. The van der Waals surface area contributed by atoms with Crippen molar-refractivity contribution < 1.29 is 24.5 Å². The third kappa shape index (κ3) is 4.43. The van der Waals surface area contributed by atoms with Gasteiger partial charge in [-0.2, -0.15) is 0 Å². The van der Waals surface area contributed by atoms with Gasteiger partial charge in [-0.15, -0.1) is 0 Å². The molecule has 1 aromatic rings. The number of carbonyl (C=O) groups is 2. The summed E-state index contributed by atoms with van der Waals surface area (Å²) in [5.74, 6) is -1.11. The quantitative estimate of drug-likeness (QED) is 0.554. The van der Waals surface area contributed by atoms with E-state index in [-0.39, 0.29) is 17.8 Å². The highest BCUT2D eigenvalue weighted by Gasteiger charge is 2.25. The van der Waals surface area contributed by atoms with E-state index in [1.807, 2.05) is 0 Å². The molecule has 20 heavy (non-hydrogen) atoms. The molecule has 1 aromatic carbocycles. The summed E-state index contributed by atoms with van der Waals surface area (Å²) in [6, 6.07) is 4.58. The number of amides is 1. The fourth-order valence-electron chi connectivity index (χ4n) is 1.63. The summed E-state index contributed by atoms with van der Waals surface area (Å²) in [5.41, 5.74) is 4.66. The van der Waals surface area contributed by atoms with Crippen LogP contribution in [0, 0.1) is 0 Å². The highest BCUT2D eigenvalue weighted by Crippen LogP contribution is 2.19. The zero-order valence-corrected chi connectivity index (χ0v) is 11.3. The van der Waals surface area contributed by atoms with E-state index < -0.39 is 23.9 Å². The molecule has 0 heterocycles. The molecule has 1 rings (SSSR count). The number of carbonyl (C=O) groups excluding carboxylic acids is 1. The first kappa shape index (κ1) is 15.8. The number of benzene rings is 1. The molecule has 0 fully saturated rings. The van der Waals surface area contributed by atoms with Crippen molar-refractivity contribution in [2.75, 3.05) is 19.4 Å². The van der Waals surface area contributed by atoms with Crippen molar-refractivity contribution in [1.29, 1.82) is 0 Å². The van der Waals surface area contributed by atoms with Crippen molar-refractivity contribution in [2.45, 2.75) is 18.9 Å². The molecule has 5 N–H and O–H groups in total. The number of nitrogen functional groups attached to an aromatic ring is 1. The standard InChI is InChI=1S/C13H18N2O5/c1-13(19,6-11(16)17)7-15-12(18)9-4-3-8(20-2)5-10(9)14/h3-5,19H,6-7,14H2,1-2H3,(H,15,18)(H,16,17). The Morgan fingerprint density at radius 1 is 1.45 bits per heavy atom. The van der Waals surface area contributed by atoms with E-state index in [2.05, 4.69) is 5.32 Å². The fourth-order valence-corrected chi connectivity index (χ4v) is 1.63. The third-order valence-electron chi connectivity index (χ3n) is 2.67. The molecule has 110 valence electrons. The second-order valence-electron chi connectivity index (χ2n) is 4.70. The molecule has 0 aliphatic heterocycles. The molecular weight excluding hydrogens is 264 g/mol. The summed E-state index contributed by atoms with van der Waals surface area (Å²) in [6.45, 7) is 1.14. The third-order valence-corrected chi connectivity index (χ3v) is 2.67. The predicted octanol–water partition coefficient (Wildman–Crippen LogP) is 0.233. The van der Waals surface area contributed by atoms with Gasteiger partial charge in [0.2, 0.25) is 0 Å². The molecule has 0 aliphatic rings. The maximum absolute atomic E-state index is 11.9. The first-order valence-corrected chi connectivity index (χ1v) is 5.91. The number of aliphatic carboxylic acids is 1. The van der Waals surface area contributed by atoms with Gasteiger partial charge in [0.25, 0.3) is 5.91 Å². The molecule has 0 saturated carbocycles. The fraction of sp³-hybridized carbons (Fsp3) is 0.385. The minimum absolute atomic E-state index is 0.191. The Morgan fingerprint density at radius 2 is 2.10 bits per heavy atom. The summed E-state index contributed by atoms with van der Waals surface area (Å²) in [4.78, 5) is 22.5. The van der Waals surface area contributed by atoms with Crippen LogP contribution in [0.3, 0.4) is 0 Å². The molecule has 0 aliphatic carbocycles. The lowest BCUT2D eigenvalue weighted by atomic mass is 10.0. The van der Waals surface area contributed by atoms with E-state index in [0.717, 1.165) is 0 Å². The van der Waals surface area contributed by atoms with Crippen LogP contribution in [0.2, 0.25) is 0 Å². The minimum atomic E-state index is -1.53. The highest BCUT2D eigenvalue weighted by atomic mass is 16.5. The number of carboxylic acid groups (broad SMARTS) is 1. The Balaban J connectivity index is 2.70. The zero-order chi connectivity index (χ0) is 15.3. The lowest BCUT2D eigenvalue weighted by Crippen LogP contribution is -2.42. The smallest absolute Gasteiger partial charge is 0.306 e. The van der Waals surface area contributed by atoms with Crippen molar-refractivity contribution in [1.82, 2.24) is 5.32 Å². The molecule has 0 bridgehead atoms. The van der Waals surface area contributed by atoms with E-state index in [1.54, 1.807) is 6.07 Å². The number of methoxy groups -OCH3 is 1. The van der Waals surface area contributed by atoms with Crippen LogP contribution in [0.15, 0.2) is 18.2 Å². The number of nitrogens with one attached hydrogen (secondary N) is 1. The number of ether oxygens (including phenoxy) is 1. The largest absolute Gasteiger partial charge is 0.497 e. The van der Waals surface area contributed by atoms with Gasteiger partial charge < -0.3 is 26.0 Å². The van der Waals surface area contributed by atoms with Crippen molar-refractivity contribution in [2.24, 2.45) is 0 Å². The average Bonchev–Trinajstić information content (AvgIpc) is 2.34. The van der Waals surface area contributed by atoms with Crippen LogP contribution in [-0.4, -0.2) is 41.3 Å². The Morgan fingerprint density at radius 3 is 2.60 bits per heavy atom. The van der Waals surface area contributed by atoms with Crippen LogP contribution < -0.4 is 15.8 Å². The van der Waals surface area contributed by atoms with E-state index in [1.165, 1.54) is 26.2 Å². The molecule has 0 spiro atoms. The van der Waals surface area contributed by atoms with Crippen LogP contribution in [0.1, 0.15) is 23.7 Å².